The average Bonchev–Trinajstić information content (AvgIpc) is 3.37. The van der Waals surface area contributed by atoms with Crippen molar-refractivity contribution in [3.05, 3.63) is 174 Å². The van der Waals surface area contributed by atoms with Gasteiger partial charge in [-0.05, 0) is 135 Å². The van der Waals surface area contributed by atoms with E-state index in [1.165, 1.54) is 121 Å². The summed E-state index contributed by atoms with van der Waals surface area (Å²) in [5.41, 5.74) is 21.9. The van der Waals surface area contributed by atoms with Crippen LogP contribution in [0.1, 0.15) is 131 Å². The maximum atomic E-state index is 2.80. The van der Waals surface area contributed by atoms with Crippen LogP contribution in [0.15, 0.2) is 152 Å². The molecule has 0 aromatic heterocycles. The fraction of sp³-hybridized carbons (Fsp3) is 0.333. The van der Waals surface area contributed by atoms with E-state index in [1.807, 2.05) is 0 Å². The monoisotopic (exact) mass is 878 g/mol. The molecule has 0 saturated heterocycles. The summed E-state index contributed by atoms with van der Waals surface area (Å²) in [4.78, 5) is 8.08. The van der Waals surface area contributed by atoms with Crippen molar-refractivity contribution in [2.75, 3.05) is 14.7 Å². The van der Waals surface area contributed by atoms with Gasteiger partial charge in [0.15, 0.2) is 0 Å². The molecule has 1 aliphatic carbocycles. The van der Waals surface area contributed by atoms with Crippen molar-refractivity contribution in [2.45, 2.75) is 135 Å². The molecule has 1 saturated carbocycles. The summed E-state index contributed by atoms with van der Waals surface area (Å²) < 4.78 is 0. The standard InChI is InChI=1S/C63H68BN3/c1-59(2,3)43-28-32-46(33-29-43)65-55-35-31-45(61(7,8)9)39-51(55)64-50-25-17-19-27-54(50)66(52-34-30-44(60(4,5)6)38-48(52)42-22-14-12-15-23-42)57-41-47(40-56(65)58(57)64)67-53-26-18-16-24-49(53)62(10)36-20-13-21-37-63(62,67)11/h12,14-19,22-35,38-41H,13,20-21,36-37H2,1-11H3. The lowest BCUT2D eigenvalue weighted by molar-refractivity contribution is 0.261. The fourth-order valence-corrected chi connectivity index (χ4v) is 12.5. The van der Waals surface area contributed by atoms with Gasteiger partial charge in [-0.25, -0.2) is 0 Å². The molecule has 67 heavy (non-hydrogen) atoms. The third-order valence-electron chi connectivity index (χ3n) is 16.5. The summed E-state index contributed by atoms with van der Waals surface area (Å²) in [7, 11) is 0. The van der Waals surface area contributed by atoms with E-state index in [-0.39, 0.29) is 33.9 Å². The second-order valence-corrected chi connectivity index (χ2v) is 23.7. The highest BCUT2D eigenvalue weighted by Gasteiger charge is 2.57. The first-order valence-electron chi connectivity index (χ1n) is 25.1. The lowest BCUT2D eigenvalue weighted by atomic mass is 9.33. The Morgan fingerprint density at radius 3 is 1.67 bits per heavy atom. The van der Waals surface area contributed by atoms with Crippen LogP contribution in [0.25, 0.3) is 11.1 Å². The Bertz CT molecular complexity index is 3050. The second-order valence-electron chi connectivity index (χ2n) is 23.7. The minimum atomic E-state index is -0.123. The zero-order valence-corrected chi connectivity index (χ0v) is 41.9. The van der Waals surface area contributed by atoms with Gasteiger partial charge in [-0.1, -0.05) is 186 Å². The largest absolute Gasteiger partial charge is 0.334 e. The van der Waals surface area contributed by atoms with Crippen molar-refractivity contribution in [2.24, 2.45) is 0 Å². The number of rotatable bonds is 4. The molecule has 3 nitrogen and oxygen atoms in total. The summed E-state index contributed by atoms with van der Waals surface area (Å²) in [5.74, 6) is 0. The Morgan fingerprint density at radius 2 is 0.985 bits per heavy atom. The molecule has 4 heteroatoms. The highest BCUT2D eigenvalue weighted by Crippen LogP contribution is 2.61. The van der Waals surface area contributed by atoms with Crippen LogP contribution in [-0.2, 0) is 21.7 Å². The summed E-state index contributed by atoms with van der Waals surface area (Å²) in [5, 5.41) is 0. The molecule has 4 aliphatic rings. The zero-order valence-electron chi connectivity index (χ0n) is 41.9. The third kappa shape index (κ3) is 6.75. The van der Waals surface area contributed by atoms with Crippen molar-refractivity contribution >= 4 is 68.6 Å². The van der Waals surface area contributed by atoms with Crippen molar-refractivity contribution in [1.29, 1.82) is 0 Å². The number of hydrogen-bond donors (Lipinski definition) is 0. The minimum absolute atomic E-state index is 0.00372. The molecular weight excluding hydrogens is 810 g/mol. The van der Waals surface area contributed by atoms with Gasteiger partial charge in [0.05, 0.1) is 11.2 Å². The molecule has 2 atom stereocenters. The Kier molecular flexibility index (Phi) is 9.92. The summed E-state index contributed by atoms with van der Waals surface area (Å²) in [6.45, 7) is 26.2. The van der Waals surface area contributed by atoms with Gasteiger partial charge < -0.3 is 14.7 Å². The number of anilines is 8. The van der Waals surface area contributed by atoms with Crippen molar-refractivity contribution < 1.29 is 0 Å². The topological polar surface area (TPSA) is 9.72 Å². The average molecular weight is 878 g/mol. The maximum Gasteiger partial charge on any atom is 0.252 e. The molecule has 0 N–H and O–H groups in total. The van der Waals surface area contributed by atoms with Crippen LogP contribution in [0.4, 0.5) is 45.5 Å². The molecule has 338 valence electrons. The lowest BCUT2D eigenvalue weighted by Gasteiger charge is -2.48. The van der Waals surface area contributed by atoms with Crippen molar-refractivity contribution in [1.82, 2.24) is 0 Å². The van der Waals surface area contributed by atoms with Gasteiger partial charge in [0.25, 0.3) is 6.71 Å². The molecule has 0 radical (unpaired) electrons. The van der Waals surface area contributed by atoms with Gasteiger partial charge in [-0.15, -0.1) is 0 Å². The molecule has 7 aromatic rings. The van der Waals surface area contributed by atoms with Gasteiger partial charge in [0.1, 0.15) is 0 Å². The van der Waals surface area contributed by atoms with Crippen LogP contribution in [0.2, 0.25) is 0 Å². The smallest absolute Gasteiger partial charge is 0.252 e. The van der Waals surface area contributed by atoms with E-state index in [0.29, 0.717) is 0 Å². The van der Waals surface area contributed by atoms with E-state index in [1.54, 1.807) is 0 Å². The normalized spacial score (nSPS) is 19.9. The molecule has 7 aromatic carbocycles. The van der Waals surface area contributed by atoms with E-state index >= 15 is 0 Å². The van der Waals surface area contributed by atoms with Gasteiger partial charge in [0, 0.05) is 50.8 Å². The zero-order chi connectivity index (χ0) is 46.8. The first kappa shape index (κ1) is 43.6. The lowest BCUT2D eigenvalue weighted by Crippen LogP contribution is -2.61. The number of para-hydroxylation sites is 2. The molecule has 11 rings (SSSR count). The molecule has 3 aliphatic heterocycles. The Balaban J connectivity index is 1.27. The van der Waals surface area contributed by atoms with Crippen LogP contribution < -0.4 is 31.1 Å². The summed E-state index contributed by atoms with van der Waals surface area (Å²) >= 11 is 0. The van der Waals surface area contributed by atoms with Gasteiger partial charge in [0.2, 0.25) is 0 Å². The summed E-state index contributed by atoms with van der Waals surface area (Å²) in [6.07, 6.45) is 6.09. The molecular formula is C63H68BN3. The highest BCUT2D eigenvalue weighted by atomic mass is 15.3. The van der Waals surface area contributed by atoms with Gasteiger partial charge >= 0.3 is 0 Å². The first-order valence-corrected chi connectivity index (χ1v) is 25.1. The second kappa shape index (κ2) is 15.3. The Hall–Kier alpha value is -6.00. The molecule has 2 unspecified atom stereocenters. The first-order chi connectivity index (χ1) is 31.9. The van der Waals surface area contributed by atoms with E-state index in [2.05, 4.69) is 243 Å². The van der Waals surface area contributed by atoms with E-state index in [9.17, 15) is 0 Å². The Morgan fingerprint density at radius 1 is 0.433 bits per heavy atom. The van der Waals surface area contributed by atoms with E-state index < -0.39 is 0 Å². The number of fused-ring (bicyclic) bond motifs is 7. The molecule has 0 bridgehead atoms. The summed E-state index contributed by atoms with van der Waals surface area (Å²) in [6, 6.07) is 59.1. The molecule has 0 amide bonds. The molecule has 1 fully saturated rings. The van der Waals surface area contributed by atoms with Gasteiger partial charge in [-0.3, -0.25) is 0 Å². The fourth-order valence-electron chi connectivity index (χ4n) is 12.5. The third-order valence-corrected chi connectivity index (χ3v) is 16.5. The van der Waals surface area contributed by atoms with Crippen LogP contribution in [-0.4, -0.2) is 12.3 Å². The quantitative estimate of drug-likeness (QED) is 0.163. The van der Waals surface area contributed by atoms with Crippen LogP contribution >= 0.6 is 0 Å². The number of nitrogens with zero attached hydrogens (tertiary/aromatic N) is 3. The maximum absolute atomic E-state index is 2.80. The van der Waals surface area contributed by atoms with Gasteiger partial charge in [-0.2, -0.15) is 0 Å². The Labute approximate surface area is 402 Å². The van der Waals surface area contributed by atoms with Crippen molar-refractivity contribution in [3.8, 4) is 11.1 Å². The minimum Gasteiger partial charge on any atom is -0.334 e. The van der Waals surface area contributed by atoms with Crippen LogP contribution in [0, 0.1) is 0 Å². The molecule has 0 spiro atoms. The SMILES string of the molecule is CC(C)(C)c1ccc(N2c3ccc(C(C)(C)C)cc3B3c4ccccc4N(c4ccc(C(C)(C)C)cc4-c4ccccc4)c4cc(N5c6ccccc6C6(C)CCCCCC56C)cc2c43)cc1. The predicted molar refractivity (Wildman–Crippen MR) is 289 cm³/mol. The highest BCUT2D eigenvalue weighted by molar-refractivity contribution is 7.00. The number of benzene rings is 7. The van der Waals surface area contributed by atoms with Crippen molar-refractivity contribution in [3.63, 3.8) is 0 Å². The number of hydrogen-bond acceptors (Lipinski definition) is 3. The molecule has 3 heterocycles. The van der Waals surface area contributed by atoms with E-state index in [4.69, 9.17) is 0 Å². The van der Waals surface area contributed by atoms with Crippen LogP contribution in [0.5, 0.6) is 0 Å². The predicted octanol–water partition coefficient (Wildman–Crippen LogP) is 15.5. The van der Waals surface area contributed by atoms with E-state index in [0.717, 1.165) is 6.42 Å². The van der Waals surface area contributed by atoms with Crippen LogP contribution in [0.3, 0.4) is 0 Å².